The van der Waals surface area contributed by atoms with Crippen LogP contribution < -0.4 is 9.05 Å². The summed E-state index contributed by atoms with van der Waals surface area (Å²) in [7, 11) is -8.00. The quantitative estimate of drug-likeness (QED) is 0.141. The molecule has 0 radical (unpaired) electrons. The van der Waals surface area contributed by atoms with E-state index in [1.54, 1.807) is 0 Å². The molecule has 2 N–H and O–H groups in total. The Morgan fingerprint density at radius 1 is 0.460 bits per heavy atom. The molecule has 0 aromatic heterocycles. The highest BCUT2D eigenvalue weighted by Crippen LogP contribution is 2.71. The Balaban J connectivity index is 1.18. The molecular formula is C42H32O6P2. The molecule has 0 spiro atoms. The highest BCUT2D eigenvalue weighted by Gasteiger charge is 2.54. The van der Waals surface area contributed by atoms with Gasteiger partial charge in [0.25, 0.3) is 0 Å². The van der Waals surface area contributed by atoms with E-state index in [1.165, 1.54) is 57.1 Å². The van der Waals surface area contributed by atoms with Crippen molar-refractivity contribution in [3.8, 4) is 11.5 Å². The van der Waals surface area contributed by atoms with Crippen LogP contribution >= 0.6 is 15.2 Å². The van der Waals surface area contributed by atoms with Crippen molar-refractivity contribution in [2.45, 2.75) is 36.5 Å². The monoisotopic (exact) mass is 694 g/mol. The number of fused-ring (bicyclic) bond motifs is 20. The number of rotatable bonds is 4. The van der Waals surface area contributed by atoms with Crippen LogP contribution in [0.25, 0.3) is 43.1 Å². The number of hydrogen-bond acceptors (Lipinski definition) is 4. The van der Waals surface area contributed by atoms with Gasteiger partial charge in [0.2, 0.25) is 0 Å². The van der Waals surface area contributed by atoms with Crippen molar-refractivity contribution in [3.05, 3.63) is 142 Å². The first-order valence-electron chi connectivity index (χ1n) is 17.1. The van der Waals surface area contributed by atoms with Crippen molar-refractivity contribution in [2.75, 3.05) is 13.3 Å². The zero-order chi connectivity index (χ0) is 33.8. The van der Waals surface area contributed by atoms with Crippen molar-refractivity contribution >= 4 is 58.3 Å². The second-order valence-corrected chi connectivity index (χ2v) is 18.4. The number of hydrogen-bond donors (Lipinski definition) is 2. The third-order valence-electron chi connectivity index (χ3n) is 11.7. The Morgan fingerprint density at radius 2 is 0.720 bits per heavy atom. The fraction of sp³-hybridized carbons (Fsp3) is 0.190. The van der Waals surface area contributed by atoms with E-state index in [-0.39, 0.29) is 23.7 Å². The second-order valence-electron chi connectivity index (χ2n) is 14.8. The van der Waals surface area contributed by atoms with Crippen molar-refractivity contribution in [2.24, 2.45) is 0 Å². The molecule has 0 saturated carbocycles. The molecule has 50 heavy (non-hydrogen) atoms. The van der Waals surface area contributed by atoms with Crippen molar-refractivity contribution in [1.82, 2.24) is 0 Å². The van der Waals surface area contributed by atoms with E-state index < -0.39 is 15.2 Å². The summed E-state index contributed by atoms with van der Waals surface area (Å²) in [5.74, 6) is 0.512. The molecule has 246 valence electrons. The minimum Gasteiger partial charge on any atom is -0.424 e. The topological polar surface area (TPSA) is 93.1 Å². The van der Waals surface area contributed by atoms with Gasteiger partial charge in [0.1, 0.15) is 11.5 Å². The molecule has 11 rings (SSSR count). The highest BCUT2D eigenvalue weighted by molar-refractivity contribution is 7.52. The fourth-order valence-electron chi connectivity index (χ4n) is 10.0. The summed E-state index contributed by atoms with van der Waals surface area (Å²) in [6.07, 6.45) is 1.49. The van der Waals surface area contributed by atoms with Crippen LogP contribution in [0.5, 0.6) is 11.5 Å². The van der Waals surface area contributed by atoms with E-state index in [4.69, 9.17) is 9.05 Å². The lowest BCUT2D eigenvalue weighted by Crippen LogP contribution is -2.15. The lowest BCUT2D eigenvalue weighted by atomic mass is 9.76. The first-order chi connectivity index (χ1) is 24.0. The molecule has 4 aliphatic rings. The first-order valence-corrected chi connectivity index (χ1v) is 21.2. The maximum Gasteiger partial charge on any atom is 0.373 e. The fourth-order valence-corrected chi connectivity index (χ4v) is 11.1. The Kier molecular flexibility index (Phi) is 5.66. The van der Waals surface area contributed by atoms with Crippen LogP contribution in [0.4, 0.5) is 0 Å². The summed E-state index contributed by atoms with van der Waals surface area (Å²) >= 11 is 0. The molecule has 0 saturated heterocycles. The predicted octanol–water partition coefficient (Wildman–Crippen LogP) is 10.6. The SMILES string of the molecule is CP(=O)(O)Oc1c2c(c(OP(C)(=O)O)c3c1[C@H]1C[C@@H]3c3cc4cc5ccccc5cc4cc31)[C@H]1C[C@@H]2c2cc3cc4ccccc4cc3cc21. The largest absolute Gasteiger partial charge is 0.424 e. The Labute approximate surface area is 288 Å². The summed E-state index contributed by atoms with van der Waals surface area (Å²) in [4.78, 5) is 21.6. The third-order valence-corrected chi connectivity index (χ3v) is 12.8. The maximum atomic E-state index is 13.2. The molecule has 6 nitrogen and oxygen atoms in total. The van der Waals surface area contributed by atoms with Crippen LogP contribution in [0.3, 0.4) is 0 Å². The van der Waals surface area contributed by atoms with Gasteiger partial charge in [-0.1, -0.05) is 72.8 Å². The van der Waals surface area contributed by atoms with Crippen LogP contribution in [0.1, 0.15) is 81.0 Å². The van der Waals surface area contributed by atoms with E-state index in [0.29, 0.717) is 11.5 Å². The predicted molar refractivity (Wildman–Crippen MR) is 199 cm³/mol. The summed E-state index contributed by atoms with van der Waals surface area (Å²) in [5, 5.41) is 9.24. The minimum absolute atomic E-state index is 0.105. The molecule has 0 fully saturated rings. The average molecular weight is 695 g/mol. The zero-order valence-electron chi connectivity index (χ0n) is 27.4. The summed E-state index contributed by atoms with van der Waals surface area (Å²) in [5.41, 5.74) is 8.04. The van der Waals surface area contributed by atoms with Gasteiger partial charge in [-0.05, 0) is 102 Å². The van der Waals surface area contributed by atoms with Gasteiger partial charge in [0.15, 0.2) is 0 Å². The standard InChI is InChI=1S/C42H32O6P2/c1-49(43,44)47-41-37-33-19-35(31-17-27-13-23-9-5-3-7-21(23)11-25(27)15-29(31)33)39(37)42(48-50(2,45)46)40-36-20-34(38(40)41)30-16-26-12-22-8-4-6-10-24(22)14-28(26)18-32(30)36/h3-18,33-36H,19-20H2,1-2H3,(H,43,44)(H,45,46)/t33-,34+,35+,36-. The van der Waals surface area contributed by atoms with E-state index in [1.807, 2.05) is 24.3 Å². The van der Waals surface area contributed by atoms with Gasteiger partial charge in [0, 0.05) is 59.3 Å². The van der Waals surface area contributed by atoms with E-state index >= 15 is 0 Å². The normalized spacial score (nSPS) is 23.1. The molecule has 7 aromatic rings. The van der Waals surface area contributed by atoms with Crippen molar-refractivity contribution in [3.63, 3.8) is 0 Å². The van der Waals surface area contributed by atoms with Crippen molar-refractivity contribution < 1.29 is 28.0 Å². The summed E-state index contributed by atoms with van der Waals surface area (Å²) in [6, 6.07) is 34.7. The van der Waals surface area contributed by atoms with E-state index in [9.17, 15) is 18.9 Å². The third kappa shape index (κ3) is 4.05. The van der Waals surface area contributed by atoms with Crippen LogP contribution in [0.15, 0.2) is 97.1 Å². The van der Waals surface area contributed by atoms with E-state index in [0.717, 1.165) is 56.6 Å². The van der Waals surface area contributed by atoms with Crippen LogP contribution in [0, 0.1) is 0 Å². The Hall–Kier alpha value is -4.44. The lowest BCUT2D eigenvalue weighted by molar-refractivity contribution is 0.376. The molecule has 8 heteroatoms. The van der Waals surface area contributed by atoms with E-state index in [2.05, 4.69) is 72.8 Å². The van der Waals surface area contributed by atoms with Crippen LogP contribution in [-0.4, -0.2) is 23.1 Å². The van der Waals surface area contributed by atoms with Gasteiger partial charge in [0.05, 0.1) is 0 Å². The molecule has 0 aliphatic heterocycles. The van der Waals surface area contributed by atoms with Crippen LogP contribution in [-0.2, 0) is 9.13 Å². The molecule has 0 heterocycles. The molecular weight excluding hydrogens is 662 g/mol. The molecule has 6 atom stereocenters. The lowest BCUT2D eigenvalue weighted by Gasteiger charge is -2.32. The van der Waals surface area contributed by atoms with Gasteiger partial charge >= 0.3 is 15.2 Å². The minimum atomic E-state index is -4.00. The van der Waals surface area contributed by atoms with Gasteiger partial charge in [-0.3, -0.25) is 0 Å². The Bertz CT molecular complexity index is 2460. The van der Waals surface area contributed by atoms with Crippen LogP contribution in [0.2, 0.25) is 0 Å². The first kappa shape index (κ1) is 29.3. The molecule has 4 bridgehead atoms. The second kappa shape index (κ2) is 9.66. The van der Waals surface area contributed by atoms with Gasteiger partial charge in [-0.15, -0.1) is 0 Å². The molecule has 0 amide bonds. The molecule has 4 aliphatic carbocycles. The molecule has 2 unspecified atom stereocenters. The maximum absolute atomic E-state index is 13.2. The summed E-state index contributed by atoms with van der Waals surface area (Å²) in [6.45, 7) is 2.48. The average Bonchev–Trinajstić information content (AvgIpc) is 3.83. The summed E-state index contributed by atoms with van der Waals surface area (Å²) < 4.78 is 38.9. The Morgan fingerprint density at radius 3 is 0.960 bits per heavy atom. The van der Waals surface area contributed by atoms with Crippen molar-refractivity contribution in [1.29, 1.82) is 0 Å². The van der Waals surface area contributed by atoms with Gasteiger partial charge in [-0.25, -0.2) is 9.13 Å². The highest BCUT2D eigenvalue weighted by atomic mass is 31.2. The zero-order valence-corrected chi connectivity index (χ0v) is 29.2. The number of benzene rings is 7. The molecule has 7 aromatic carbocycles. The smallest absolute Gasteiger partial charge is 0.373 e. The van der Waals surface area contributed by atoms with Gasteiger partial charge in [-0.2, -0.15) is 0 Å². The van der Waals surface area contributed by atoms with Gasteiger partial charge < -0.3 is 18.8 Å².